The van der Waals surface area contributed by atoms with Crippen LogP contribution in [0.2, 0.25) is 0 Å². The molecule has 2 saturated heterocycles. The lowest BCUT2D eigenvalue weighted by atomic mass is 10.2. The van der Waals surface area contributed by atoms with E-state index < -0.39 is 7.32 Å². The van der Waals surface area contributed by atoms with Crippen LogP contribution in [0.3, 0.4) is 0 Å². The highest BCUT2D eigenvalue weighted by Crippen LogP contribution is 2.22. The minimum atomic E-state index is -0.459. The summed E-state index contributed by atoms with van der Waals surface area (Å²) >= 11 is 0. The minimum Gasteiger partial charge on any atom is -0.386 e. The van der Waals surface area contributed by atoms with Crippen molar-refractivity contribution in [2.24, 2.45) is 0 Å². The van der Waals surface area contributed by atoms with Crippen LogP contribution in [-0.4, -0.2) is 39.3 Å². The quantitative estimate of drug-likeness (QED) is 0.522. The second-order valence-electron chi connectivity index (χ2n) is 2.63. The number of rotatable bonds is 2. The van der Waals surface area contributed by atoms with Crippen LogP contribution in [-0.2, 0) is 18.7 Å². The molecule has 5 heteroatoms. The third kappa shape index (κ3) is 1.42. The molecule has 2 aliphatic heterocycles. The maximum absolute atomic E-state index is 5.36. The molecule has 0 N–H and O–H groups in total. The molecule has 0 radical (unpaired) electrons. The van der Waals surface area contributed by atoms with Crippen molar-refractivity contribution in [2.45, 2.75) is 19.1 Å². The van der Waals surface area contributed by atoms with E-state index in [1.807, 2.05) is 6.92 Å². The average molecular weight is 158 g/mol. The van der Waals surface area contributed by atoms with Gasteiger partial charge in [-0.2, -0.15) is 0 Å². The van der Waals surface area contributed by atoms with Gasteiger partial charge >= 0.3 is 7.32 Å². The monoisotopic (exact) mass is 158 g/mol. The molecule has 62 valence electrons. The third-order valence-corrected chi connectivity index (χ3v) is 1.85. The minimum absolute atomic E-state index is 0.0894. The summed E-state index contributed by atoms with van der Waals surface area (Å²) in [7, 11) is -0.459. The van der Waals surface area contributed by atoms with Gasteiger partial charge in [0, 0.05) is 6.61 Å². The van der Waals surface area contributed by atoms with E-state index in [-0.39, 0.29) is 12.2 Å². The van der Waals surface area contributed by atoms with Crippen molar-refractivity contribution in [1.82, 2.24) is 0 Å². The van der Waals surface area contributed by atoms with Gasteiger partial charge in [0.15, 0.2) is 0 Å². The zero-order valence-electron chi connectivity index (χ0n) is 6.49. The van der Waals surface area contributed by atoms with Gasteiger partial charge in [0.25, 0.3) is 0 Å². The van der Waals surface area contributed by atoms with E-state index in [4.69, 9.17) is 18.7 Å². The van der Waals surface area contributed by atoms with Gasteiger partial charge in [0.1, 0.15) is 0 Å². The third-order valence-electron chi connectivity index (χ3n) is 1.85. The molecule has 0 spiro atoms. The molecule has 0 aromatic carbocycles. The fraction of sp³-hybridized carbons (Fsp3) is 1.00. The fourth-order valence-electron chi connectivity index (χ4n) is 1.30. The molecule has 2 aliphatic rings. The molecule has 2 atom stereocenters. The van der Waals surface area contributed by atoms with E-state index in [0.717, 1.165) is 0 Å². The summed E-state index contributed by atoms with van der Waals surface area (Å²) in [6.45, 7) is 3.80. The van der Waals surface area contributed by atoms with Gasteiger partial charge in [-0.15, -0.1) is 0 Å². The first kappa shape index (κ1) is 7.55. The average Bonchev–Trinajstić information content (AvgIpc) is 2.46. The van der Waals surface area contributed by atoms with Crippen LogP contribution in [0.4, 0.5) is 0 Å². The number of ether oxygens (including phenoxy) is 1. The predicted molar refractivity (Wildman–Crippen MR) is 37.9 cm³/mol. The van der Waals surface area contributed by atoms with Crippen molar-refractivity contribution >= 4 is 7.32 Å². The van der Waals surface area contributed by atoms with Gasteiger partial charge in [-0.3, -0.25) is 0 Å². The van der Waals surface area contributed by atoms with Crippen molar-refractivity contribution in [3.8, 4) is 0 Å². The number of fused-ring (bicyclic) bond motifs is 1. The summed E-state index contributed by atoms with van der Waals surface area (Å²) in [4.78, 5) is 0. The van der Waals surface area contributed by atoms with Crippen LogP contribution >= 0.6 is 0 Å². The Morgan fingerprint density at radius 1 is 1.36 bits per heavy atom. The van der Waals surface area contributed by atoms with Crippen LogP contribution in [0.1, 0.15) is 6.92 Å². The van der Waals surface area contributed by atoms with Gasteiger partial charge in [0.05, 0.1) is 25.4 Å². The molecule has 2 heterocycles. The lowest BCUT2D eigenvalue weighted by molar-refractivity contribution is 0.0911. The zero-order valence-corrected chi connectivity index (χ0v) is 6.49. The highest BCUT2D eigenvalue weighted by molar-refractivity contribution is 6.37. The summed E-state index contributed by atoms with van der Waals surface area (Å²) in [5, 5.41) is 0. The molecule has 11 heavy (non-hydrogen) atoms. The van der Waals surface area contributed by atoms with Crippen molar-refractivity contribution in [2.75, 3.05) is 19.8 Å². The summed E-state index contributed by atoms with van der Waals surface area (Å²) in [5.41, 5.74) is 0. The van der Waals surface area contributed by atoms with E-state index in [1.165, 1.54) is 0 Å². The summed E-state index contributed by atoms with van der Waals surface area (Å²) in [5.74, 6) is 0. The second-order valence-corrected chi connectivity index (χ2v) is 2.63. The van der Waals surface area contributed by atoms with Gasteiger partial charge in [-0.1, -0.05) is 0 Å². The SMILES string of the molecule is CCOB1O[C@H]2COC[C@H]2O1. The maximum Gasteiger partial charge on any atom is 0.640 e. The highest BCUT2D eigenvalue weighted by atomic mass is 16.8. The second kappa shape index (κ2) is 3.10. The Bertz CT molecular complexity index is 131. The van der Waals surface area contributed by atoms with Crippen molar-refractivity contribution < 1.29 is 18.7 Å². The molecule has 0 aromatic rings. The van der Waals surface area contributed by atoms with E-state index in [1.54, 1.807) is 0 Å². The molecule has 0 saturated carbocycles. The first-order chi connectivity index (χ1) is 5.40. The Morgan fingerprint density at radius 2 is 2.00 bits per heavy atom. The van der Waals surface area contributed by atoms with Gasteiger partial charge < -0.3 is 18.7 Å². The van der Waals surface area contributed by atoms with Crippen molar-refractivity contribution in [3.05, 3.63) is 0 Å². The molecule has 2 rings (SSSR count). The van der Waals surface area contributed by atoms with E-state index >= 15 is 0 Å². The van der Waals surface area contributed by atoms with Gasteiger partial charge in [-0.25, -0.2) is 0 Å². The highest BCUT2D eigenvalue weighted by Gasteiger charge is 2.44. The smallest absolute Gasteiger partial charge is 0.386 e. The largest absolute Gasteiger partial charge is 0.640 e. The molecule has 0 unspecified atom stereocenters. The van der Waals surface area contributed by atoms with Crippen LogP contribution in [0.5, 0.6) is 0 Å². The molecule has 4 nitrogen and oxygen atoms in total. The zero-order chi connectivity index (χ0) is 7.68. The van der Waals surface area contributed by atoms with Gasteiger partial charge in [0.2, 0.25) is 0 Å². The predicted octanol–water partition coefficient (Wildman–Crippen LogP) is -0.178. The number of hydrogen-bond acceptors (Lipinski definition) is 4. The normalized spacial score (nSPS) is 36.3. The Morgan fingerprint density at radius 3 is 2.55 bits per heavy atom. The van der Waals surface area contributed by atoms with Crippen molar-refractivity contribution in [1.29, 1.82) is 0 Å². The topological polar surface area (TPSA) is 36.9 Å². The van der Waals surface area contributed by atoms with E-state index in [9.17, 15) is 0 Å². The summed E-state index contributed by atoms with van der Waals surface area (Å²) in [6, 6.07) is 0. The molecular weight excluding hydrogens is 147 g/mol. The fourth-order valence-corrected chi connectivity index (χ4v) is 1.30. The maximum atomic E-state index is 5.36. The Labute approximate surface area is 65.9 Å². The first-order valence-corrected chi connectivity index (χ1v) is 3.90. The van der Waals surface area contributed by atoms with Crippen molar-refractivity contribution in [3.63, 3.8) is 0 Å². The Balaban J connectivity index is 1.84. The number of hydrogen-bond donors (Lipinski definition) is 0. The van der Waals surface area contributed by atoms with Crippen LogP contribution in [0, 0.1) is 0 Å². The molecule has 0 aromatic heterocycles. The molecule has 0 bridgehead atoms. The lowest BCUT2D eigenvalue weighted by Crippen LogP contribution is -2.22. The van der Waals surface area contributed by atoms with Gasteiger partial charge in [-0.05, 0) is 6.92 Å². The summed E-state index contributed by atoms with van der Waals surface area (Å²) < 4.78 is 21.0. The first-order valence-electron chi connectivity index (χ1n) is 3.90. The van der Waals surface area contributed by atoms with Crippen LogP contribution < -0.4 is 0 Å². The molecular formula is C6H11BO4. The van der Waals surface area contributed by atoms with Crippen LogP contribution in [0.25, 0.3) is 0 Å². The molecule has 2 fully saturated rings. The van der Waals surface area contributed by atoms with E-state index in [0.29, 0.717) is 19.8 Å². The molecule has 0 amide bonds. The van der Waals surface area contributed by atoms with E-state index in [2.05, 4.69) is 0 Å². The Kier molecular flexibility index (Phi) is 2.13. The van der Waals surface area contributed by atoms with Crippen LogP contribution in [0.15, 0.2) is 0 Å². The standard InChI is InChI=1S/C6H11BO4/c1-2-9-7-10-5-3-8-4-6(5)11-7/h5-6H,2-4H2,1H3/t5-,6+. The summed E-state index contributed by atoms with van der Waals surface area (Å²) in [6.07, 6.45) is 0.179. The Hall–Kier alpha value is -0.0951. The molecule has 0 aliphatic carbocycles. The lowest BCUT2D eigenvalue weighted by Gasteiger charge is -2.04.